The van der Waals surface area contributed by atoms with E-state index in [1.165, 1.54) is 12.1 Å². The van der Waals surface area contributed by atoms with Crippen LogP contribution >= 0.6 is 0 Å². The van der Waals surface area contributed by atoms with E-state index in [0.29, 0.717) is 6.61 Å². The van der Waals surface area contributed by atoms with Crippen LogP contribution < -0.4 is 0 Å². The van der Waals surface area contributed by atoms with Crippen molar-refractivity contribution in [2.45, 2.75) is 12.7 Å². The molecule has 17 heavy (non-hydrogen) atoms. The molecule has 0 aromatic heterocycles. The number of ether oxygens (including phenoxy) is 1. The van der Waals surface area contributed by atoms with Crippen molar-refractivity contribution < 1.29 is 41.8 Å². The van der Waals surface area contributed by atoms with Crippen molar-refractivity contribution >= 4 is 0 Å². The first-order chi connectivity index (χ1) is 7.84. The topological polar surface area (TPSA) is 9.23 Å². The van der Waals surface area contributed by atoms with Gasteiger partial charge in [0.05, 0.1) is 6.10 Å². The van der Waals surface area contributed by atoms with E-state index in [2.05, 4.69) is 6.07 Å². The Balaban J connectivity index is 0.00000108. The third-order valence-electron chi connectivity index (χ3n) is 2.85. The summed E-state index contributed by atoms with van der Waals surface area (Å²) in [6.45, 7) is 0.606. The van der Waals surface area contributed by atoms with Gasteiger partial charge >= 0.3 is 32.7 Å². The fourth-order valence-electron chi connectivity index (χ4n) is 2.03. The second kappa shape index (κ2) is 5.39. The van der Waals surface area contributed by atoms with Gasteiger partial charge in [-0.25, -0.2) is 4.39 Å². The van der Waals surface area contributed by atoms with Crippen LogP contribution in [0.25, 0.3) is 0 Å². The van der Waals surface area contributed by atoms with E-state index in [1.807, 2.05) is 18.2 Å². The molecular formula is C14H10FOY+2. The molecule has 1 heterocycles. The maximum atomic E-state index is 12.8. The standard InChI is InChI=1S/C14H10FO.Y/c15-12-7-5-10(6-8-12)14-13-4-2-1-3-11(13)9-16-14;/h2-8,14H,9H2;/q-1;+3. The van der Waals surface area contributed by atoms with E-state index < -0.39 is 0 Å². The molecule has 1 atom stereocenters. The summed E-state index contributed by atoms with van der Waals surface area (Å²) in [6.07, 6.45) is -0.0646. The predicted molar refractivity (Wildman–Crippen MR) is 58.3 cm³/mol. The largest absolute Gasteiger partial charge is 3.00 e. The molecule has 2 aromatic rings. The van der Waals surface area contributed by atoms with Gasteiger partial charge in [-0.2, -0.15) is 24.3 Å². The monoisotopic (exact) mass is 302 g/mol. The molecule has 0 saturated carbocycles. The molecule has 0 bridgehead atoms. The van der Waals surface area contributed by atoms with E-state index in [1.54, 1.807) is 12.1 Å². The normalized spacial score (nSPS) is 17.4. The summed E-state index contributed by atoms with van der Waals surface area (Å²) in [7, 11) is 0. The Bertz CT molecular complexity index is 510. The van der Waals surface area contributed by atoms with Crippen molar-refractivity contribution in [2.75, 3.05) is 0 Å². The summed E-state index contributed by atoms with van der Waals surface area (Å²) in [6, 6.07) is 15.3. The van der Waals surface area contributed by atoms with Gasteiger partial charge in [0.1, 0.15) is 5.82 Å². The summed E-state index contributed by atoms with van der Waals surface area (Å²) in [5.41, 5.74) is 3.31. The fourth-order valence-corrected chi connectivity index (χ4v) is 2.03. The molecule has 3 rings (SSSR count). The first kappa shape index (κ1) is 12.9. The molecule has 0 spiro atoms. The van der Waals surface area contributed by atoms with Crippen LogP contribution in [0.4, 0.5) is 4.39 Å². The van der Waals surface area contributed by atoms with Gasteiger partial charge < -0.3 is 4.74 Å². The van der Waals surface area contributed by atoms with E-state index in [0.717, 1.165) is 16.7 Å². The Kier molecular flexibility index (Phi) is 4.08. The molecule has 0 fully saturated rings. The zero-order valence-corrected chi connectivity index (χ0v) is 12.0. The molecule has 1 nitrogen and oxygen atoms in total. The van der Waals surface area contributed by atoms with Gasteiger partial charge in [0.25, 0.3) is 0 Å². The maximum Gasteiger partial charge on any atom is 3.00 e. The van der Waals surface area contributed by atoms with Crippen molar-refractivity contribution in [1.82, 2.24) is 0 Å². The first-order valence-corrected chi connectivity index (χ1v) is 5.20. The third-order valence-corrected chi connectivity index (χ3v) is 2.85. The van der Waals surface area contributed by atoms with Crippen LogP contribution in [-0.2, 0) is 44.1 Å². The van der Waals surface area contributed by atoms with Gasteiger partial charge in [0.15, 0.2) is 0 Å². The fraction of sp³-hybridized carbons (Fsp3) is 0.143. The minimum atomic E-state index is -0.219. The minimum Gasteiger partial charge on any atom is -0.379 e. The van der Waals surface area contributed by atoms with Crippen molar-refractivity contribution in [3.05, 3.63) is 71.0 Å². The Morgan fingerprint density at radius 3 is 2.71 bits per heavy atom. The van der Waals surface area contributed by atoms with Gasteiger partial charge in [-0.15, -0.1) is 11.1 Å². The van der Waals surface area contributed by atoms with Gasteiger partial charge in [0, 0.05) is 6.61 Å². The van der Waals surface area contributed by atoms with Gasteiger partial charge in [-0.05, 0) is 17.7 Å². The Morgan fingerprint density at radius 1 is 1.18 bits per heavy atom. The van der Waals surface area contributed by atoms with Crippen molar-refractivity contribution in [3.63, 3.8) is 0 Å². The first-order valence-electron chi connectivity index (χ1n) is 5.20. The molecule has 0 saturated heterocycles. The zero-order chi connectivity index (χ0) is 11.0. The molecular weight excluding hydrogens is 292 g/mol. The summed E-state index contributed by atoms with van der Waals surface area (Å²) >= 11 is 0. The second-order valence-corrected chi connectivity index (χ2v) is 3.87. The quantitative estimate of drug-likeness (QED) is 0.735. The molecule has 1 aliphatic heterocycles. The smallest absolute Gasteiger partial charge is 0.379 e. The van der Waals surface area contributed by atoms with Crippen LogP contribution in [0.1, 0.15) is 22.8 Å². The molecule has 0 radical (unpaired) electrons. The summed E-state index contributed by atoms with van der Waals surface area (Å²) in [4.78, 5) is 0. The summed E-state index contributed by atoms with van der Waals surface area (Å²) in [5.74, 6) is -0.219. The van der Waals surface area contributed by atoms with Gasteiger partial charge in [0.2, 0.25) is 0 Å². The predicted octanol–water partition coefficient (Wildman–Crippen LogP) is 3.24. The Labute approximate surface area is 125 Å². The van der Waals surface area contributed by atoms with Crippen LogP contribution in [0.2, 0.25) is 0 Å². The van der Waals surface area contributed by atoms with Crippen molar-refractivity contribution in [2.24, 2.45) is 0 Å². The van der Waals surface area contributed by atoms with E-state index in [4.69, 9.17) is 4.74 Å². The number of hydrogen-bond donors (Lipinski definition) is 0. The Hall–Kier alpha value is -0.566. The third kappa shape index (κ3) is 2.49. The number of hydrogen-bond acceptors (Lipinski definition) is 1. The van der Waals surface area contributed by atoms with Crippen LogP contribution in [0, 0.1) is 11.9 Å². The number of rotatable bonds is 1. The van der Waals surface area contributed by atoms with E-state index in [-0.39, 0.29) is 44.6 Å². The average Bonchev–Trinajstić information content (AvgIpc) is 2.74. The van der Waals surface area contributed by atoms with Crippen molar-refractivity contribution in [3.8, 4) is 0 Å². The van der Waals surface area contributed by atoms with Crippen LogP contribution in [0.15, 0.2) is 42.5 Å². The van der Waals surface area contributed by atoms with E-state index >= 15 is 0 Å². The van der Waals surface area contributed by atoms with Crippen LogP contribution in [0.5, 0.6) is 0 Å². The molecule has 1 aliphatic rings. The molecule has 0 N–H and O–H groups in total. The number of halogens is 1. The average molecular weight is 302 g/mol. The van der Waals surface area contributed by atoms with Crippen LogP contribution in [-0.4, -0.2) is 0 Å². The Morgan fingerprint density at radius 2 is 1.94 bits per heavy atom. The van der Waals surface area contributed by atoms with Gasteiger partial charge in [-0.3, -0.25) is 0 Å². The van der Waals surface area contributed by atoms with E-state index in [9.17, 15) is 4.39 Å². The maximum absolute atomic E-state index is 12.8. The molecule has 1 unspecified atom stereocenters. The summed E-state index contributed by atoms with van der Waals surface area (Å²) < 4.78 is 18.5. The second-order valence-electron chi connectivity index (χ2n) is 3.87. The number of fused-ring (bicyclic) bond motifs is 1. The summed E-state index contributed by atoms with van der Waals surface area (Å²) in [5, 5.41) is 0. The van der Waals surface area contributed by atoms with Gasteiger partial charge in [-0.1, -0.05) is 12.1 Å². The molecule has 3 heteroatoms. The van der Waals surface area contributed by atoms with Crippen molar-refractivity contribution in [1.29, 1.82) is 0 Å². The minimum absolute atomic E-state index is 0. The van der Waals surface area contributed by atoms with Crippen LogP contribution in [0.3, 0.4) is 0 Å². The molecule has 2 aromatic carbocycles. The number of benzene rings is 2. The molecule has 0 amide bonds. The SMILES string of the molecule is Fc1ccc(C2OCc3c[c-]ccc32)cc1.[Y+3]. The molecule has 0 aliphatic carbocycles. The molecule has 80 valence electrons. The zero-order valence-electron chi connectivity index (χ0n) is 9.19.